The van der Waals surface area contributed by atoms with Gasteiger partial charge in [-0.05, 0) is 62.4 Å². The highest BCUT2D eigenvalue weighted by molar-refractivity contribution is 6.31. The van der Waals surface area contributed by atoms with Gasteiger partial charge in [0.1, 0.15) is 11.3 Å². The lowest BCUT2D eigenvalue weighted by molar-refractivity contribution is 0.365. The summed E-state index contributed by atoms with van der Waals surface area (Å²) in [5.41, 5.74) is 3.89. The van der Waals surface area contributed by atoms with Gasteiger partial charge in [0.05, 0.1) is 5.69 Å². The van der Waals surface area contributed by atoms with Gasteiger partial charge in [-0.2, -0.15) is 4.98 Å². The van der Waals surface area contributed by atoms with E-state index in [1.807, 2.05) is 25.1 Å². The van der Waals surface area contributed by atoms with Crippen molar-refractivity contribution in [1.82, 2.24) is 15.3 Å². The van der Waals surface area contributed by atoms with Gasteiger partial charge in [0.25, 0.3) is 0 Å². The van der Waals surface area contributed by atoms with Crippen LogP contribution in [0.1, 0.15) is 25.3 Å². The molecular weight excluding hydrogens is 408 g/mol. The lowest BCUT2D eigenvalue weighted by Crippen LogP contribution is -2.45. The van der Waals surface area contributed by atoms with Crippen LogP contribution in [0.5, 0.6) is 0 Å². The van der Waals surface area contributed by atoms with Crippen LogP contribution < -0.4 is 21.3 Å². The molecule has 31 heavy (non-hydrogen) atoms. The van der Waals surface area contributed by atoms with Crippen molar-refractivity contribution in [3.8, 4) is 0 Å². The van der Waals surface area contributed by atoms with Crippen molar-refractivity contribution < 1.29 is 0 Å². The number of rotatable bonds is 8. The smallest absolute Gasteiger partial charge is 0.229 e. The maximum absolute atomic E-state index is 6.32. The van der Waals surface area contributed by atoms with Crippen LogP contribution in [0.3, 0.4) is 0 Å². The number of nitrogens with zero attached hydrogens (tertiary/aromatic N) is 2. The van der Waals surface area contributed by atoms with E-state index in [4.69, 9.17) is 21.6 Å². The summed E-state index contributed by atoms with van der Waals surface area (Å²) in [5, 5.41) is 15.7. The van der Waals surface area contributed by atoms with Crippen LogP contribution in [0, 0.1) is 18.8 Å². The Morgan fingerprint density at radius 1 is 1.16 bits per heavy atom. The third-order valence-electron chi connectivity index (χ3n) is 6.30. The number of halogens is 1. The van der Waals surface area contributed by atoms with Crippen LogP contribution in [0.25, 0.3) is 10.9 Å². The van der Waals surface area contributed by atoms with Gasteiger partial charge in [0, 0.05) is 47.7 Å². The molecule has 1 atom stereocenters. The zero-order valence-electron chi connectivity index (χ0n) is 18.0. The summed E-state index contributed by atoms with van der Waals surface area (Å²) in [6, 6.07) is 12.6. The maximum Gasteiger partial charge on any atom is 0.229 e. The number of benzene rings is 2. The highest BCUT2D eigenvalue weighted by Crippen LogP contribution is 2.36. The topological polar surface area (TPSA) is 73.9 Å². The Balaban J connectivity index is 1.50. The summed E-state index contributed by atoms with van der Waals surface area (Å²) in [6.45, 7) is 7.31. The third kappa shape index (κ3) is 4.55. The van der Waals surface area contributed by atoms with E-state index in [0.29, 0.717) is 17.9 Å². The summed E-state index contributed by atoms with van der Waals surface area (Å²) in [6.07, 6.45) is 2.57. The van der Waals surface area contributed by atoms with Crippen LogP contribution in [0.4, 0.5) is 23.1 Å². The molecule has 0 radical (unpaired) electrons. The normalized spacial score (nSPS) is 17.3. The van der Waals surface area contributed by atoms with Crippen molar-refractivity contribution in [3.05, 3.63) is 47.0 Å². The van der Waals surface area contributed by atoms with E-state index in [0.717, 1.165) is 64.2 Å². The molecule has 3 aromatic rings. The van der Waals surface area contributed by atoms with Gasteiger partial charge in [-0.1, -0.05) is 23.7 Å². The van der Waals surface area contributed by atoms with Gasteiger partial charge < -0.3 is 21.3 Å². The first-order valence-electron chi connectivity index (χ1n) is 11.1. The first kappa shape index (κ1) is 20.3. The van der Waals surface area contributed by atoms with Crippen LogP contribution in [0.2, 0.25) is 5.02 Å². The summed E-state index contributed by atoms with van der Waals surface area (Å²) in [4.78, 5) is 9.74. The first-order valence-corrected chi connectivity index (χ1v) is 11.5. The van der Waals surface area contributed by atoms with E-state index in [-0.39, 0.29) is 0 Å². The molecule has 5 rings (SSSR count). The van der Waals surface area contributed by atoms with Crippen molar-refractivity contribution in [2.45, 2.75) is 32.7 Å². The van der Waals surface area contributed by atoms with Gasteiger partial charge in [0.15, 0.2) is 0 Å². The van der Waals surface area contributed by atoms with E-state index in [1.165, 1.54) is 12.8 Å². The molecule has 2 aliphatic rings. The fraction of sp³-hybridized carbons (Fsp3) is 0.417. The second-order valence-electron chi connectivity index (χ2n) is 8.86. The molecule has 6 nitrogen and oxygen atoms in total. The minimum atomic E-state index is 0.387. The lowest BCUT2D eigenvalue weighted by Gasteiger charge is -2.27. The Kier molecular flexibility index (Phi) is 5.59. The molecule has 0 bridgehead atoms. The fourth-order valence-electron chi connectivity index (χ4n) is 3.94. The highest BCUT2D eigenvalue weighted by Gasteiger charge is 2.28. The largest absolute Gasteiger partial charge is 0.383 e. The SMILES string of the molecule is Cc1ccc(Nc2nc(N[C@H](C)C3CC3)c3cccc(NCC4CNC4)c3n2)cc1Cl. The number of hydrogen-bond acceptors (Lipinski definition) is 6. The molecule has 0 amide bonds. The monoisotopic (exact) mass is 436 g/mol. The summed E-state index contributed by atoms with van der Waals surface area (Å²) in [5.74, 6) is 2.83. The summed E-state index contributed by atoms with van der Waals surface area (Å²) < 4.78 is 0. The summed E-state index contributed by atoms with van der Waals surface area (Å²) >= 11 is 6.32. The Morgan fingerprint density at radius 3 is 2.71 bits per heavy atom. The molecule has 2 heterocycles. The molecule has 1 aliphatic carbocycles. The number of nitrogens with one attached hydrogen (secondary N) is 4. The fourth-order valence-corrected chi connectivity index (χ4v) is 4.12. The lowest BCUT2D eigenvalue weighted by atomic mass is 10.0. The minimum Gasteiger partial charge on any atom is -0.383 e. The number of hydrogen-bond donors (Lipinski definition) is 4. The average Bonchev–Trinajstić information content (AvgIpc) is 3.55. The predicted octanol–water partition coefficient (Wildman–Crippen LogP) is 5.18. The van der Waals surface area contributed by atoms with Crippen LogP contribution in [-0.4, -0.2) is 35.6 Å². The van der Waals surface area contributed by atoms with Gasteiger partial charge >= 0.3 is 0 Å². The van der Waals surface area contributed by atoms with Crippen molar-refractivity contribution in [3.63, 3.8) is 0 Å². The van der Waals surface area contributed by atoms with Crippen LogP contribution in [-0.2, 0) is 0 Å². The Morgan fingerprint density at radius 2 is 2.00 bits per heavy atom. The number of anilines is 4. The zero-order valence-corrected chi connectivity index (χ0v) is 18.8. The number of fused-ring (bicyclic) bond motifs is 1. The second-order valence-corrected chi connectivity index (χ2v) is 9.27. The molecule has 4 N–H and O–H groups in total. The standard InChI is InChI=1S/C24H29ClN6/c1-14-6-9-18(10-20(14)25)29-24-30-22-19(23(31-24)28-15(2)17-7-8-17)4-3-5-21(22)27-13-16-11-26-12-16/h3-6,9-10,15-17,26-27H,7-8,11-13H2,1-2H3,(H2,28,29,30,31)/t15-/m1/s1. The third-order valence-corrected chi connectivity index (χ3v) is 6.70. The highest BCUT2D eigenvalue weighted by atomic mass is 35.5. The molecule has 2 fully saturated rings. The number of aryl methyl sites for hydroxylation is 1. The van der Waals surface area contributed by atoms with Gasteiger partial charge in [-0.25, -0.2) is 4.98 Å². The Bertz CT molecular complexity index is 1090. The molecule has 0 spiro atoms. The van der Waals surface area contributed by atoms with E-state index in [1.54, 1.807) is 0 Å². The quantitative estimate of drug-likeness (QED) is 0.390. The molecular formula is C24H29ClN6. The molecule has 0 unspecified atom stereocenters. The molecule has 162 valence electrons. The molecule has 1 aliphatic heterocycles. The van der Waals surface area contributed by atoms with Gasteiger partial charge in [0.2, 0.25) is 5.95 Å². The van der Waals surface area contributed by atoms with E-state index in [9.17, 15) is 0 Å². The predicted molar refractivity (Wildman–Crippen MR) is 130 cm³/mol. The second kappa shape index (κ2) is 8.52. The average molecular weight is 437 g/mol. The van der Waals surface area contributed by atoms with Gasteiger partial charge in [-0.15, -0.1) is 0 Å². The van der Waals surface area contributed by atoms with Gasteiger partial charge in [-0.3, -0.25) is 0 Å². The van der Waals surface area contributed by atoms with Crippen molar-refractivity contribution in [2.24, 2.45) is 11.8 Å². The minimum absolute atomic E-state index is 0.387. The molecule has 1 saturated carbocycles. The first-order chi connectivity index (χ1) is 15.1. The molecule has 7 heteroatoms. The van der Waals surface area contributed by atoms with E-state index in [2.05, 4.69) is 46.4 Å². The zero-order chi connectivity index (χ0) is 21.4. The number of aromatic nitrogens is 2. The van der Waals surface area contributed by atoms with Crippen molar-refractivity contribution >= 4 is 45.6 Å². The van der Waals surface area contributed by atoms with Crippen LogP contribution in [0.15, 0.2) is 36.4 Å². The molecule has 1 aromatic heterocycles. The van der Waals surface area contributed by atoms with Crippen molar-refractivity contribution in [2.75, 3.05) is 35.6 Å². The van der Waals surface area contributed by atoms with E-state index < -0.39 is 0 Å². The maximum atomic E-state index is 6.32. The van der Waals surface area contributed by atoms with E-state index >= 15 is 0 Å². The molecule has 2 aromatic carbocycles. The Hall–Kier alpha value is -2.57. The molecule has 1 saturated heterocycles. The van der Waals surface area contributed by atoms with Crippen molar-refractivity contribution in [1.29, 1.82) is 0 Å². The van der Waals surface area contributed by atoms with Crippen LogP contribution >= 0.6 is 11.6 Å². The summed E-state index contributed by atoms with van der Waals surface area (Å²) in [7, 11) is 0. The number of para-hydroxylation sites is 1. The Labute approximate surface area is 188 Å².